The molecule has 1 atom stereocenters. The van der Waals surface area contributed by atoms with Gasteiger partial charge in [0.15, 0.2) is 0 Å². The van der Waals surface area contributed by atoms with E-state index in [9.17, 15) is 0 Å². The van der Waals surface area contributed by atoms with Gasteiger partial charge < -0.3 is 4.90 Å². The number of benzene rings is 2. The molecule has 0 aromatic heterocycles. The summed E-state index contributed by atoms with van der Waals surface area (Å²) in [5.41, 5.74) is 11.1. The molecule has 2 aliphatic rings. The Bertz CT molecular complexity index is 863. The molecule has 0 N–H and O–H groups in total. The molecule has 23 heavy (non-hydrogen) atoms. The average Bonchev–Trinajstić information content (AvgIpc) is 2.84. The quantitative estimate of drug-likeness (QED) is 0.637. The highest BCUT2D eigenvalue weighted by Gasteiger charge is 2.41. The molecule has 1 aliphatic carbocycles. The van der Waals surface area contributed by atoms with E-state index in [1.807, 2.05) is 0 Å². The molecule has 1 aliphatic heterocycles. The first-order valence-corrected chi connectivity index (χ1v) is 8.18. The summed E-state index contributed by atoms with van der Waals surface area (Å²) in [5, 5.41) is 0. The molecule has 0 radical (unpaired) electrons. The lowest BCUT2D eigenvalue weighted by molar-refractivity contribution is 0.667. The summed E-state index contributed by atoms with van der Waals surface area (Å²) < 4.78 is 0. The van der Waals surface area contributed by atoms with Crippen molar-refractivity contribution in [1.82, 2.24) is 0 Å². The predicted molar refractivity (Wildman–Crippen MR) is 97.3 cm³/mol. The van der Waals surface area contributed by atoms with Gasteiger partial charge in [0.2, 0.25) is 0 Å². The fourth-order valence-corrected chi connectivity index (χ4v) is 3.61. The molecule has 0 saturated carbocycles. The summed E-state index contributed by atoms with van der Waals surface area (Å²) >= 11 is 0. The van der Waals surface area contributed by atoms with Gasteiger partial charge in [0.1, 0.15) is 0 Å². The molecule has 1 nitrogen and oxygen atoms in total. The second kappa shape index (κ2) is 5.01. The summed E-state index contributed by atoms with van der Waals surface area (Å²) in [5.74, 6) is 0. The highest BCUT2D eigenvalue weighted by atomic mass is 15.2. The van der Waals surface area contributed by atoms with E-state index in [-0.39, 0.29) is 5.54 Å². The van der Waals surface area contributed by atoms with Crippen molar-refractivity contribution < 1.29 is 0 Å². The lowest BCUT2D eigenvalue weighted by atomic mass is 9.89. The monoisotopic (exact) mass is 299 g/mol. The third kappa shape index (κ3) is 2.25. The first-order valence-electron chi connectivity index (χ1n) is 8.18. The average molecular weight is 299 g/mol. The van der Waals surface area contributed by atoms with Gasteiger partial charge in [0, 0.05) is 17.8 Å². The smallest absolute Gasteiger partial charge is 0.0934 e. The minimum atomic E-state index is -0.134. The van der Waals surface area contributed by atoms with Crippen LogP contribution in [-0.2, 0) is 6.42 Å². The Kier molecular flexibility index (Phi) is 3.07. The van der Waals surface area contributed by atoms with Crippen molar-refractivity contribution in [3.63, 3.8) is 0 Å². The molecule has 0 amide bonds. The van der Waals surface area contributed by atoms with Crippen LogP contribution in [0.4, 0.5) is 11.4 Å². The van der Waals surface area contributed by atoms with E-state index in [0.717, 1.165) is 6.42 Å². The van der Waals surface area contributed by atoms with E-state index in [0.29, 0.717) is 0 Å². The van der Waals surface area contributed by atoms with Crippen molar-refractivity contribution in [2.45, 2.75) is 32.7 Å². The van der Waals surface area contributed by atoms with Crippen LogP contribution in [0.2, 0.25) is 0 Å². The highest BCUT2D eigenvalue weighted by molar-refractivity contribution is 5.76. The second-order valence-corrected chi connectivity index (χ2v) is 6.78. The summed E-state index contributed by atoms with van der Waals surface area (Å²) in [6.45, 7) is 6.40. The van der Waals surface area contributed by atoms with E-state index in [2.05, 4.69) is 92.1 Å². The van der Waals surface area contributed by atoms with Crippen LogP contribution in [0.15, 0.2) is 72.0 Å². The summed E-state index contributed by atoms with van der Waals surface area (Å²) in [6.07, 6.45) is 7.75. The largest absolute Gasteiger partial charge is 0.327 e. The van der Waals surface area contributed by atoms with Crippen LogP contribution in [0.5, 0.6) is 0 Å². The molecule has 1 spiro atoms. The maximum Gasteiger partial charge on any atom is 0.0934 e. The summed E-state index contributed by atoms with van der Waals surface area (Å²) in [7, 11) is 0. The predicted octanol–water partition coefficient (Wildman–Crippen LogP) is 5.41. The van der Waals surface area contributed by atoms with E-state index >= 15 is 0 Å². The maximum atomic E-state index is 3.44. The molecule has 4 rings (SSSR count). The van der Waals surface area contributed by atoms with Gasteiger partial charge in [-0.3, -0.25) is 0 Å². The van der Waals surface area contributed by atoms with Gasteiger partial charge in [-0.15, -0.1) is 5.73 Å². The molecule has 2 aromatic carbocycles. The number of anilines is 2. The molecule has 1 unspecified atom stereocenters. The van der Waals surface area contributed by atoms with Gasteiger partial charge >= 0.3 is 0 Å². The molecule has 1 heterocycles. The van der Waals surface area contributed by atoms with Gasteiger partial charge in [0.05, 0.1) is 5.54 Å². The van der Waals surface area contributed by atoms with Crippen LogP contribution in [0, 0.1) is 13.8 Å². The van der Waals surface area contributed by atoms with Crippen molar-refractivity contribution in [2.24, 2.45) is 0 Å². The molecule has 0 bridgehead atoms. The van der Waals surface area contributed by atoms with Crippen molar-refractivity contribution in [2.75, 3.05) is 4.90 Å². The number of hydrogen-bond donors (Lipinski definition) is 0. The van der Waals surface area contributed by atoms with E-state index in [4.69, 9.17) is 0 Å². The summed E-state index contributed by atoms with van der Waals surface area (Å²) in [6, 6.07) is 15.6. The van der Waals surface area contributed by atoms with Crippen LogP contribution in [0.25, 0.3) is 0 Å². The standard InChI is InChI=1S/C22H21N/c1-16-4-7-20(8-5-16)23-21-9-6-18(3)14-19(21)15-22(23)12-10-17(2)11-13-22/h4-10,12-14H,15H2,1-3H3. The van der Waals surface area contributed by atoms with E-state index in [1.54, 1.807) is 0 Å². The van der Waals surface area contributed by atoms with Gasteiger partial charge in [-0.05, 0) is 56.2 Å². The van der Waals surface area contributed by atoms with E-state index in [1.165, 1.54) is 33.6 Å². The number of aryl methyl sites for hydroxylation is 2. The topological polar surface area (TPSA) is 3.24 Å². The fraction of sp³-hybridized carbons (Fsp3) is 0.227. The molecular weight excluding hydrogens is 278 g/mol. The normalized spacial score (nSPS) is 21.7. The third-order valence-corrected chi connectivity index (χ3v) is 4.83. The van der Waals surface area contributed by atoms with Crippen molar-refractivity contribution >= 4 is 11.4 Å². The van der Waals surface area contributed by atoms with Crippen molar-refractivity contribution in [3.8, 4) is 0 Å². The van der Waals surface area contributed by atoms with Crippen molar-refractivity contribution in [1.29, 1.82) is 0 Å². The zero-order chi connectivity index (χ0) is 16.0. The minimum Gasteiger partial charge on any atom is -0.327 e. The maximum absolute atomic E-state index is 3.44. The number of hydrogen-bond acceptors (Lipinski definition) is 1. The zero-order valence-electron chi connectivity index (χ0n) is 13.9. The Labute approximate surface area is 138 Å². The van der Waals surface area contributed by atoms with Crippen LogP contribution >= 0.6 is 0 Å². The first kappa shape index (κ1) is 14.1. The number of rotatable bonds is 1. The number of allylic oxidation sites excluding steroid dienone is 1. The lowest BCUT2D eigenvalue weighted by Gasteiger charge is -2.36. The van der Waals surface area contributed by atoms with Crippen LogP contribution in [-0.4, -0.2) is 5.54 Å². The molecule has 2 aromatic rings. The van der Waals surface area contributed by atoms with Crippen LogP contribution in [0.3, 0.4) is 0 Å². The second-order valence-electron chi connectivity index (χ2n) is 6.78. The first-order chi connectivity index (χ1) is 11.1. The molecule has 1 heteroatoms. The summed E-state index contributed by atoms with van der Waals surface area (Å²) in [4.78, 5) is 2.46. The molecule has 0 saturated heterocycles. The molecular formula is C22H21N. The Balaban J connectivity index is 1.92. The number of fused-ring (bicyclic) bond motifs is 1. The fourth-order valence-electron chi connectivity index (χ4n) is 3.61. The lowest BCUT2D eigenvalue weighted by Crippen LogP contribution is -2.40. The van der Waals surface area contributed by atoms with Gasteiger partial charge in [0.25, 0.3) is 0 Å². The zero-order valence-corrected chi connectivity index (χ0v) is 13.9. The van der Waals surface area contributed by atoms with Gasteiger partial charge in [-0.1, -0.05) is 47.5 Å². The molecule has 114 valence electrons. The van der Waals surface area contributed by atoms with Gasteiger partial charge in [-0.25, -0.2) is 0 Å². The number of nitrogens with zero attached hydrogens (tertiary/aromatic N) is 1. The Morgan fingerprint density at radius 1 is 0.957 bits per heavy atom. The van der Waals surface area contributed by atoms with Gasteiger partial charge in [-0.2, -0.15) is 0 Å². The Hall–Kier alpha value is -2.50. The highest BCUT2D eigenvalue weighted by Crippen LogP contribution is 2.46. The van der Waals surface area contributed by atoms with E-state index < -0.39 is 0 Å². The Morgan fingerprint density at radius 3 is 2.39 bits per heavy atom. The minimum absolute atomic E-state index is 0.134. The van der Waals surface area contributed by atoms with Crippen LogP contribution in [0.1, 0.15) is 23.6 Å². The molecule has 0 fully saturated rings. The van der Waals surface area contributed by atoms with Crippen LogP contribution < -0.4 is 4.90 Å². The van der Waals surface area contributed by atoms with Crippen molar-refractivity contribution in [3.05, 3.63) is 88.7 Å². The third-order valence-electron chi connectivity index (χ3n) is 4.83. The SMILES string of the molecule is CC1=C=CC2(C=C1)Cc1cc(C)ccc1N2c1ccc(C)cc1. The Morgan fingerprint density at radius 2 is 1.70 bits per heavy atom.